The second-order valence-corrected chi connectivity index (χ2v) is 5.57. The van der Waals surface area contributed by atoms with Gasteiger partial charge in [0.05, 0.1) is 29.3 Å². The van der Waals surface area contributed by atoms with E-state index in [-0.39, 0.29) is 18.1 Å². The highest BCUT2D eigenvalue weighted by molar-refractivity contribution is 5.75. The van der Waals surface area contributed by atoms with Crippen LogP contribution in [0.5, 0.6) is 0 Å². The molecule has 9 heteroatoms. The highest BCUT2D eigenvalue weighted by atomic mass is 16.6. The topological polar surface area (TPSA) is 105 Å². The molecule has 0 saturated carbocycles. The second-order valence-electron chi connectivity index (χ2n) is 5.57. The van der Waals surface area contributed by atoms with Gasteiger partial charge in [0.25, 0.3) is 5.69 Å². The van der Waals surface area contributed by atoms with Crippen LogP contribution in [0.1, 0.15) is 13.3 Å². The number of esters is 1. The summed E-state index contributed by atoms with van der Waals surface area (Å²) in [4.78, 5) is 36.6. The second kappa shape index (κ2) is 8.86. The summed E-state index contributed by atoms with van der Waals surface area (Å²) < 4.78 is 4.88. The first kappa shape index (κ1) is 18.5. The number of amides is 1. The van der Waals surface area contributed by atoms with Crippen molar-refractivity contribution in [1.29, 1.82) is 0 Å². The first-order chi connectivity index (χ1) is 12.0. The largest absolute Gasteiger partial charge is 0.466 e. The Bertz CT molecular complexity index is 629. The predicted octanol–water partition coefficient (Wildman–Crippen LogP) is 1.24. The molecule has 136 valence electrons. The van der Waals surface area contributed by atoms with Crippen LogP contribution in [0, 0.1) is 10.1 Å². The summed E-state index contributed by atoms with van der Waals surface area (Å²) in [5.74, 6) is -0.318. The van der Waals surface area contributed by atoms with Gasteiger partial charge in [-0.05, 0) is 13.0 Å². The lowest BCUT2D eigenvalue weighted by Crippen LogP contribution is -2.45. The number of carbonyl (C=O) groups excluding carboxylic acids is 2. The Hall–Kier alpha value is -2.84. The maximum Gasteiger partial charge on any atom is 0.307 e. The van der Waals surface area contributed by atoms with Gasteiger partial charge in [0.1, 0.15) is 0 Å². The normalized spacial score (nSPS) is 14.1. The number of hydrogen-bond acceptors (Lipinski definition) is 7. The van der Waals surface area contributed by atoms with Crippen LogP contribution in [0.25, 0.3) is 0 Å². The van der Waals surface area contributed by atoms with Gasteiger partial charge in [0, 0.05) is 44.9 Å². The Labute approximate surface area is 145 Å². The van der Waals surface area contributed by atoms with Crippen LogP contribution in [0.3, 0.4) is 0 Å². The molecule has 1 saturated heterocycles. The van der Waals surface area contributed by atoms with Crippen LogP contribution >= 0.6 is 0 Å². The van der Waals surface area contributed by atoms with Crippen LogP contribution in [-0.2, 0) is 14.3 Å². The average molecular weight is 350 g/mol. The molecule has 0 aromatic heterocycles. The molecule has 0 bridgehead atoms. The quantitative estimate of drug-likeness (QED) is 0.325. The van der Waals surface area contributed by atoms with E-state index in [1.54, 1.807) is 17.9 Å². The Morgan fingerprint density at radius 1 is 1.36 bits per heavy atom. The molecule has 1 fully saturated rings. The van der Waals surface area contributed by atoms with Crippen molar-refractivity contribution < 1.29 is 19.2 Å². The fourth-order valence-corrected chi connectivity index (χ4v) is 2.66. The average Bonchev–Trinajstić information content (AvgIpc) is 2.62. The smallest absolute Gasteiger partial charge is 0.307 e. The number of ether oxygens (including phenoxy) is 1. The summed E-state index contributed by atoms with van der Waals surface area (Å²) in [6.45, 7) is 4.86. The van der Waals surface area contributed by atoms with Gasteiger partial charge < -0.3 is 19.9 Å². The Balaban J connectivity index is 2.10. The Kier molecular flexibility index (Phi) is 6.55. The molecule has 0 aliphatic carbocycles. The number of hydrogen-bond donors (Lipinski definition) is 1. The molecule has 1 amide bonds. The van der Waals surface area contributed by atoms with Crippen LogP contribution in [0.15, 0.2) is 18.2 Å². The fourth-order valence-electron chi connectivity index (χ4n) is 2.66. The molecule has 2 rings (SSSR count). The molecule has 1 aliphatic rings. The summed E-state index contributed by atoms with van der Waals surface area (Å²) in [6, 6.07) is 4.62. The minimum absolute atomic E-state index is 0.0195. The van der Waals surface area contributed by atoms with Crippen molar-refractivity contribution in [3.8, 4) is 0 Å². The van der Waals surface area contributed by atoms with Gasteiger partial charge in [-0.1, -0.05) is 0 Å². The van der Waals surface area contributed by atoms with Gasteiger partial charge in [-0.3, -0.25) is 19.7 Å². The van der Waals surface area contributed by atoms with Crippen LogP contribution in [0.2, 0.25) is 0 Å². The molecule has 1 N–H and O–H groups in total. The molecule has 0 unspecified atom stereocenters. The van der Waals surface area contributed by atoms with E-state index in [4.69, 9.17) is 4.74 Å². The van der Waals surface area contributed by atoms with Crippen molar-refractivity contribution in [2.45, 2.75) is 13.3 Å². The first-order valence-corrected chi connectivity index (χ1v) is 8.17. The van der Waals surface area contributed by atoms with Gasteiger partial charge in [-0.25, -0.2) is 0 Å². The number of nitrogens with one attached hydrogen (secondary N) is 1. The molecule has 0 radical (unpaired) electrons. The van der Waals surface area contributed by atoms with Gasteiger partial charge in [-0.15, -0.1) is 0 Å². The summed E-state index contributed by atoms with van der Waals surface area (Å²) in [7, 11) is 0. The number of non-ortho nitro benzene ring substituents is 1. The molecule has 1 heterocycles. The number of benzene rings is 1. The van der Waals surface area contributed by atoms with E-state index in [1.165, 1.54) is 12.1 Å². The van der Waals surface area contributed by atoms with Gasteiger partial charge in [0.2, 0.25) is 6.41 Å². The first-order valence-electron chi connectivity index (χ1n) is 8.17. The lowest BCUT2D eigenvalue weighted by atomic mass is 10.2. The minimum Gasteiger partial charge on any atom is -0.466 e. The molecule has 0 spiro atoms. The monoisotopic (exact) mass is 350 g/mol. The number of nitrogens with zero attached hydrogens (tertiary/aromatic N) is 3. The Morgan fingerprint density at radius 3 is 2.68 bits per heavy atom. The lowest BCUT2D eigenvalue weighted by Gasteiger charge is -2.35. The highest BCUT2D eigenvalue weighted by Gasteiger charge is 2.20. The van der Waals surface area contributed by atoms with Crippen molar-refractivity contribution in [2.75, 3.05) is 49.5 Å². The fraction of sp³-hybridized carbons (Fsp3) is 0.500. The van der Waals surface area contributed by atoms with Crippen molar-refractivity contribution in [2.24, 2.45) is 0 Å². The zero-order valence-electron chi connectivity index (χ0n) is 14.1. The maximum absolute atomic E-state index is 11.4. The third kappa shape index (κ3) is 5.07. The zero-order chi connectivity index (χ0) is 18.2. The van der Waals surface area contributed by atoms with E-state index in [0.717, 1.165) is 12.1 Å². The molecule has 25 heavy (non-hydrogen) atoms. The van der Waals surface area contributed by atoms with Crippen LogP contribution in [0.4, 0.5) is 17.1 Å². The molecule has 1 aliphatic heterocycles. The summed E-state index contributed by atoms with van der Waals surface area (Å²) in [6.07, 6.45) is 1.00. The minimum atomic E-state index is -0.454. The van der Waals surface area contributed by atoms with E-state index in [0.29, 0.717) is 45.0 Å². The van der Waals surface area contributed by atoms with E-state index < -0.39 is 4.92 Å². The number of rotatable bonds is 8. The number of nitro benzene ring substituents is 1. The van der Waals surface area contributed by atoms with Crippen molar-refractivity contribution in [1.82, 2.24) is 4.90 Å². The van der Waals surface area contributed by atoms with E-state index in [9.17, 15) is 19.7 Å². The predicted molar refractivity (Wildman–Crippen MR) is 92.7 cm³/mol. The molecule has 1 aromatic rings. The van der Waals surface area contributed by atoms with Crippen molar-refractivity contribution >= 4 is 29.4 Å². The molecule has 0 atom stereocenters. The van der Waals surface area contributed by atoms with Gasteiger partial charge in [0.15, 0.2) is 0 Å². The highest BCUT2D eigenvalue weighted by Crippen LogP contribution is 2.31. The van der Waals surface area contributed by atoms with Crippen LogP contribution < -0.4 is 10.2 Å². The third-order valence-corrected chi connectivity index (χ3v) is 3.94. The lowest BCUT2D eigenvalue weighted by molar-refractivity contribution is -0.384. The van der Waals surface area contributed by atoms with Gasteiger partial charge in [-0.2, -0.15) is 0 Å². The standard InChI is InChI=1S/C16H22N4O5/c1-2-25-16(22)5-6-17-14-11-13(20(23)24)3-4-15(14)19-9-7-18(12-21)8-10-19/h3-4,11-12,17H,2,5-10H2,1H3. The molecular formula is C16H22N4O5. The molecular weight excluding hydrogens is 328 g/mol. The number of carbonyl (C=O) groups is 2. The maximum atomic E-state index is 11.4. The summed E-state index contributed by atoms with van der Waals surface area (Å²) in [5.41, 5.74) is 1.40. The summed E-state index contributed by atoms with van der Waals surface area (Å²) >= 11 is 0. The summed E-state index contributed by atoms with van der Waals surface area (Å²) in [5, 5.41) is 14.1. The van der Waals surface area contributed by atoms with E-state index >= 15 is 0 Å². The molecule has 9 nitrogen and oxygen atoms in total. The van der Waals surface area contributed by atoms with E-state index in [2.05, 4.69) is 10.2 Å². The van der Waals surface area contributed by atoms with Crippen molar-refractivity contribution in [3.63, 3.8) is 0 Å². The van der Waals surface area contributed by atoms with Crippen LogP contribution in [-0.4, -0.2) is 61.5 Å². The number of anilines is 2. The molecule has 1 aromatic carbocycles. The number of piperazine rings is 1. The van der Waals surface area contributed by atoms with E-state index in [1.807, 2.05) is 0 Å². The Morgan fingerprint density at radius 2 is 2.08 bits per heavy atom. The third-order valence-electron chi connectivity index (χ3n) is 3.94. The van der Waals surface area contributed by atoms with Gasteiger partial charge >= 0.3 is 5.97 Å². The SMILES string of the molecule is CCOC(=O)CCNc1cc([N+](=O)[O-])ccc1N1CCN(C=O)CC1. The van der Waals surface area contributed by atoms with Crippen molar-refractivity contribution in [3.05, 3.63) is 28.3 Å². The zero-order valence-corrected chi connectivity index (χ0v) is 14.1. The number of nitro groups is 1.